The zero-order chi connectivity index (χ0) is 21.8. The van der Waals surface area contributed by atoms with Gasteiger partial charge in [0.05, 0.1) is 18.8 Å². The van der Waals surface area contributed by atoms with Gasteiger partial charge in [-0.05, 0) is 43.7 Å². The summed E-state index contributed by atoms with van der Waals surface area (Å²) < 4.78 is 6.01. The number of carbonyl (C=O) groups excluding carboxylic acids is 1. The van der Waals surface area contributed by atoms with E-state index in [1.807, 2.05) is 31.3 Å². The lowest BCUT2D eigenvalue weighted by atomic mass is 9.82. The third-order valence-electron chi connectivity index (χ3n) is 6.76. The summed E-state index contributed by atoms with van der Waals surface area (Å²) in [4.78, 5) is 27.5. The Morgan fingerprint density at radius 1 is 1.32 bits per heavy atom. The molecule has 168 valence electrons. The topological polar surface area (TPSA) is 70.6 Å². The van der Waals surface area contributed by atoms with E-state index in [0.717, 1.165) is 60.4 Å². The molecule has 4 rings (SSSR count). The summed E-state index contributed by atoms with van der Waals surface area (Å²) in [6, 6.07) is 5.91. The number of hydrogen-bond donors (Lipinski definition) is 1. The number of nitrogens with one attached hydrogen (secondary N) is 1. The number of ether oxygens (including phenoxy) is 1. The fourth-order valence-corrected chi connectivity index (χ4v) is 5.19. The number of carbonyl (C=O) groups is 1. The van der Waals surface area contributed by atoms with Crippen molar-refractivity contribution in [2.24, 2.45) is 5.41 Å². The van der Waals surface area contributed by atoms with Gasteiger partial charge in [0.1, 0.15) is 11.9 Å². The van der Waals surface area contributed by atoms with E-state index in [0.29, 0.717) is 25.1 Å². The van der Waals surface area contributed by atoms with Crippen LogP contribution in [0.2, 0.25) is 0 Å². The Hall–Kier alpha value is -2.03. The van der Waals surface area contributed by atoms with Gasteiger partial charge in [-0.1, -0.05) is 19.9 Å². The second-order valence-corrected chi connectivity index (χ2v) is 9.95. The van der Waals surface area contributed by atoms with Gasteiger partial charge in [-0.15, -0.1) is 11.3 Å². The summed E-state index contributed by atoms with van der Waals surface area (Å²) >= 11 is 1.60. The summed E-state index contributed by atoms with van der Waals surface area (Å²) in [6.45, 7) is 10.8. The van der Waals surface area contributed by atoms with Crippen LogP contribution in [-0.4, -0.2) is 65.0 Å². The van der Waals surface area contributed by atoms with E-state index in [1.165, 1.54) is 0 Å². The molecule has 0 saturated carbocycles. The number of aryl methyl sites for hydroxylation is 1. The molecule has 2 aliphatic heterocycles. The maximum atomic E-state index is 12.9. The summed E-state index contributed by atoms with van der Waals surface area (Å²) in [5, 5.41) is 4.10. The first-order valence-electron chi connectivity index (χ1n) is 11.3. The molecule has 0 spiro atoms. The minimum atomic E-state index is -0.134. The molecule has 1 N–H and O–H groups in total. The van der Waals surface area contributed by atoms with Gasteiger partial charge in [0, 0.05) is 37.3 Å². The van der Waals surface area contributed by atoms with Crippen molar-refractivity contribution in [3.63, 3.8) is 0 Å². The first kappa shape index (κ1) is 22.2. The number of rotatable bonds is 7. The number of thiazole rings is 1. The quantitative estimate of drug-likeness (QED) is 0.697. The van der Waals surface area contributed by atoms with Crippen LogP contribution < -0.4 is 5.32 Å². The van der Waals surface area contributed by atoms with Gasteiger partial charge in [0.2, 0.25) is 5.91 Å². The van der Waals surface area contributed by atoms with Crippen LogP contribution in [0.5, 0.6) is 0 Å². The maximum absolute atomic E-state index is 12.9. The number of pyridine rings is 1. The first-order chi connectivity index (χ1) is 15.0. The van der Waals surface area contributed by atoms with Gasteiger partial charge in [-0.3, -0.25) is 9.69 Å². The Morgan fingerprint density at radius 2 is 2.16 bits per heavy atom. The van der Waals surface area contributed by atoms with Crippen LogP contribution in [0.3, 0.4) is 0 Å². The molecule has 2 aromatic rings. The number of nitrogens with zero attached hydrogens (tertiary/aromatic N) is 4. The fourth-order valence-electron chi connectivity index (χ4n) is 4.51. The van der Waals surface area contributed by atoms with Crippen molar-refractivity contribution in [2.45, 2.75) is 46.1 Å². The summed E-state index contributed by atoms with van der Waals surface area (Å²) in [5.74, 6) is 1.00. The van der Waals surface area contributed by atoms with Crippen molar-refractivity contribution >= 4 is 28.2 Å². The van der Waals surface area contributed by atoms with E-state index >= 15 is 0 Å². The molecule has 0 aromatic carbocycles. The number of amides is 1. The lowest BCUT2D eigenvalue weighted by molar-refractivity contribution is -0.134. The molecule has 8 heteroatoms. The van der Waals surface area contributed by atoms with Crippen LogP contribution in [0.25, 0.3) is 0 Å². The summed E-state index contributed by atoms with van der Waals surface area (Å²) in [5.41, 5.74) is 1.20. The number of likely N-dealkylation sites (tertiary alicyclic amines) is 1. The fraction of sp³-hybridized carbons (Fsp3) is 0.609. The molecule has 2 fully saturated rings. The highest BCUT2D eigenvalue weighted by atomic mass is 32.1. The molecule has 2 saturated heterocycles. The van der Waals surface area contributed by atoms with Crippen molar-refractivity contribution in [1.82, 2.24) is 19.8 Å². The van der Waals surface area contributed by atoms with Gasteiger partial charge in [0.15, 0.2) is 5.13 Å². The maximum Gasteiger partial charge on any atom is 0.236 e. The molecule has 0 aliphatic carbocycles. The van der Waals surface area contributed by atoms with Crippen LogP contribution in [0.15, 0.2) is 24.4 Å². The predicted molar refractivity (Wildman–Crippen MR) is 124 cm³/mol. The molecule has 2 aromatic heterocycles. The molecule has 2 aliphatic rings. The average Bonchev–Trinajstić information content (AvgIpc) is 3.41. The zero-order valence-electron chi connectivity index (χ0n) is 18.8. The molecule has 1 unspecified atom stereocenters. The van der Waals surface area contributed by atoms with Crippen molar-refractivity contribution in [2.75, 3.05) is 44.6 Å². The van der Waals surface area contributed by atoms with E-state index in [2.05, 4.69) is 33.9 Å². The minimum Gasteiger partial charge on any atom is -0.369 e. The highest BCUT2D eigenvalue weighted by Gasteiger charge is 2.37. The van der Waals surface area contributed by atoms with E-state index in [9.17, 15) is 4.79 Å². The van der Waals surface area contributed by atoms with Crippen LogP contribution in [-0.2, 0) is 9.53 Å². The van der Waals surface area contributed by atoms with Crippen LogP contribution in [0.1, 0.15) is 49.8 Å². The Labute approximate surface area is 188 Å². The van der Waals surface area contributed by atoms with E-state index in [4.69, 9.17) is 9.72 Å². The van der Waals surface area contributed by atoms with Crippen molar-refractivity contribution in [3.8, 4) is 0 Å². The largest absolute Gasteiger partial charge is 0.369 e. The molecule has 31 heavy (non-hydrogen) atoms. The Bertz CT molecular complexity index is 898. The number of morpholine rings is 1. The van der Waals surface area contributed by atoms with Crippen LogP contribution in [0, 0.1) is 12.3 Å². The Balaban J connectivity index is 1.35. The lowest BCUT2D eigenvalue weighted by Gasteiger charge is -2.33. The molecule has 7 nitrogen and oxygen atoms in total. The van der Waals surface area contributed by atoms with Crippen molar-refractivity contribution in [1.29, 1.82) is 0 Å². The lowest BCUT2D eigenvalue weighted by Crippen LogP contribution is -2.45. The Kier molecular flexibility index (Phi) is 6.89. The number of anilines is 2. The van der Waals surface area contributed by atoms with Crippen molar-refractivity contribution in [3.05, 3.63) is 35.0 Å². The third-order valence-corrected chi connectivity index (χ3v) is 7.59. The van der Waals surface area contributed by atoms with Gasteiger partial charge in [-0.2, -0.15) is 0 Å². The van der Waals surface area contributed by atoms with Gasteiger partial charge < -0.3 is 15.0 Å². The number of hydrogen-bond acceptors (Lipinski definition) is 7. The second kappa shape index (κ2) is 9.63. The van der Waals surface area contributed by atoms with E-state index < -0.39 is 0 Å². The summed E-state index contributed by atoms with van der Waals surface area (Å²) in [7, 11) is 0. The van der Waals surface area contributed by atoms with Crippen LogP contribution >= 0.6 is 11.3 Å². The van der Waals surface area contributed by atoms with Gasteiger partial charge in [0.25, 0.3) is 0 Å². The first-order valence-corrected chi connectivity index (χ1v) is 12.1. The predicted octanol–water partition coefficient (Wildman–Crippen LogP) is 4.00. The van der Waals surface area contributed by atoms with Gasteiger partial charge >= 0.3 is 0 Å². The zero-order valence-corrected chi connectivity index (χ0v) is 19.6. The molecule has 1 atom stereocenters. The van der Waals surface area contributed by atoms with E-state index in [-0.39, 0.29) is 12.0 Å². The Morgan fingerprint density at radius 3 is 2.87 bits per heavy atom. The summed E-state index contributed by atoms with van der Waals surface area (Å²) in [6.07, 6.45) is 5.12. The smallest absolute Gasteiger partial charge is 0.236 e. The average molecular weight is 444 g/mol. The van der Waals surface area contributed by atoms with Gasteiger partial charge in [-0.25, -0.2) is 9.97 Å². The van der Waals surface area contributed by atoms with E-state index in [1.54, 1.807) is 11.3 Å². The monoisotopic (exact) mass is 443 g/mol. The number of aromatic nitrogens is 2. The van der Waals surface area contributed by atoms with Crippen LogP contribution in [0.4, 0.5) is 10.9 Å². The molecule has 0 radical (unpaired) electrons. The molecular formula is C23H33N5O2S. The standard InChI is InChI=1S/C23H33N5O2S/c1-4-23(5-2)9-10-28(16-23)21(29)15-27-11-12-30-19(14-27)18-7-6-8-20(25-18)26-22-24-13-17(3)31-22/h6-8,13,19H,4-5,9-12,14-16H2,1-3H3,(H,24,25,26). The minimum absolute atomic E-state index is 0.134. The molecule has 1 amide bonds. The normalized spacial score (nSPS) is 21.4. The highest BCUT2D eigenvalue weighted by Crippen LogP contribution is 2.37. The molecule has 0 bridgehead atoms. The second-order valence-electron chi connectivity index (χ2n) is 8.72. The SMILES string of the molecule is CCC1(CC)CCN(C(=O)CN2CCOC(c3cccc(Nc4ncc(C)s4)n3)C2)C1. The highest BCUT2D eigenvalue weighted by molar-refractivity contribution is 7.15. The molecule has 4 heterocycles. The third kappa shape index (κ3) is 5.25. The molecular weight excluding hydrogens is 410 g/mol. The van der Waals surface area contributed by atoms with Crippen molar-refractivity contribution < 1.29 is 9.53 Å².